The highest BCUT2D eigenvalue weighted by atomic mass is 16.5. The van der Waals surface area contributed by atoms with Crippen molar-refractivity contribution < 1.29 is 19.4 Å². The van der Waals surface area contributed by atoms with Crippen LogP contribution in [0.5, 0.6) is 0 Å². The van der Waals surface area contributed by atoms with Crippen LogP contribution in [0.15, 0.2) is 12.2 Å². The minimum atomic E-state index is -0.973. The van der Waals surface area contributed by atoms with Crippen molar-refractivity contribution in [3.8, 4) is 0 Å². The molecule has 0 aromatic carbocycles. The quantitative estimate of drug-likeness (QED) is 0.499. The number of hydrogen-bond donors (Lipinski definition) is 2. The second-order valence-corrected chi connectivity index (χ2v) is 3.03. The third kappa shape index (κ3) is 7.54. The highest BCUT2D eigenvalue weighted by Gasteiger charge is 2.03. The van der Waals surface area contributed by atoms with Crippen molar-refractivity contribution in [3.05, 3.63) is 12.2 Å². The Balaban J connectivity index is 3.36. The fourth-order valence-electron chi connectivity index (χ4n) is 0.908. The summed E-state index contributed by atoms with van der Waals surface area (Å²) in [6.45, 7) is 6.04. The predicted octanol–water partition coefficient (Wildman–Crippen LogP) is 1.54. The zero-order chi connectivity index (χ0) is 11.7. The SMILES string of the molecule is C=C(CCCCOC(=O)NCC)C(=O)O. The molecule has 0 aromatic rings. The van der Waals surface area contributed by atoms with E-state index in [1.165, 1.54) is 0 Å². The van der Waals surface area contributed by atoms with E-state index in [1.807, 2.05) is 0 Å². The molecule has 1 amide bonds. The van der Waals surface area contributed by atoms with Crippen molar-refractivity contribution >= 4 is 12.1 Å². The average molecular weight is 215 g/mol. The van der Waals surface area contributed by atoms with Crippen molar-refractivity contribution in [3.63, 3.8) is 0 Å². The lowest BCUT2D eigenvalue weighted by molar-refractivity contribution is -0.132. The monoisotopic (exact) mass is 215 g/mol. The Morgan fingerprint density at radius 1 is 1.40 bits per heavy atom. The van der Waals surface area contributed by atoms with Crippen molar-refractivity contribution in [1.82, 2.24) is 5.32 Å². The molecule has 5 heteroatoms. The lowest BCUT2D eigenvalue weighted by atomic mass is 10.1. The van der Waals surface area contributed by atoms with Gasteiger partial charge in [0.25, 0.3) is 0 Å². The van der Waals surface area contributed by atoms with Crippen LogP contribution in [0.4, 0.5) is 4.79 Å². The number of unbranched alkanes of at least 4 members (excludes halogenated alkanes) is 1. The average Bonchev–Trinajstić information content (AvgIpc) is 2.17. The summed E-state index contributed by atoms with van der Waals surface area (Å²) in [4.78, 5) is 21.2. The lowest BCUT2D eigenvalue weighted by Crippen LogP contribution is -2.23. The smallest absolute Gasteiger partial charge is 0.407 e. The van der Waals surface area contributed by atoms with Crippen LogP contribution in [0, 0.1) is 0 Å². The summed E-state index contributed by atoms with van der Waals surface area (Å²) in [5.74, 6) is -0.973. The number of rotatable bonds is 7. The number of hydrogen-bond acceptors (Lipinski definition) is 3. The fourth-order valence-corrected chi connectivity index (χ4v) is 0.908. The zero-order valence-electron chi connectivity index (χ0n) is 8.91. The standard InChI is InChI=1S/C10H17NO4/c1-3-11-10(14)15-7-5-4-6-8(2)9(12)13/h2-7H2,1H3,(H,11,14)(H,12,13). The van der Waals surface area contributed by atoms with Crippen LogP contribution < -0.4 is 5.32 Å². The van der Waals surface area contributed by atoms with E-state index in [0.717, 1.165) is 0 Å². The number of amides is 1. The summed E-state index contributed by atoms with van der Waals surface area (Å²) in [7, 11) is 0. The number of carboxylic acid groups (broad SMARTS) is 1. The molecule has 0 aromatic heterocycles. The number of alkyl carbamates (subject to hydrolysis) is 1. The van der Waals surface area contributed by atoms with Gasteiger partial charge in [-0.15, -0.1) is 0 Å². The Hall–Kier alpha value is -1.52. The highest BCUT2D eigenvalue weighted by Crippen LogP contribution is 2.05. The summed E-state index contributed by atoms with van der Waals surface area (Å²) in [5, 5.41) is 11.0. The molecule has 0 heterocycles. The van der Waals surface area contributed by atoms with E-state index >= 15 is 0 Å². The van der Waals surface area contributed by atoms with E-state index < -0.39 is 12.1 Å². The maximum Gasteiger partial charge on any atom is 0.407 e. The van der Waals surface area contributed by atoms with Gasteiger partial charge in [0.05, 0.1) is 6.61 Å². The van der Waals surface area contributed by atoms with E-state index in [2.05, 4.69) is 11.9 Å². The summed E-state index contributed by atoms with van der Waals surface area (Å²) in [5.41, 5.74) is 0.188. The molecule has 0 saturated carbocycles. The first-order valence-corrected chi connectivity index (χ1v) is 4.89. The molecule has 0 aliphatic rings. The normalized spacial score (nSPS) is 9.40. The molecule has 0 bridgehead atoms. The van der Waals surface area contributed by atoms with Gasteiger partial charge in [-0.05, 0) is 26.2 Å². The third-order valence-electron chi connectivity index (χ3n) is 1.73. The minimum absolute atomic E-state index is 0.188. The van der Waals surface area contributed by atoms with Gasteiger partial charge in [0.1, 0.15) is 0 Å². The van der Waals surface area contributed by atoms with Crippen LogP contribution in [0.3, 0.4) is 0 Å². The number of ether oxygens (including phenoxy) is 1. The zero-order valence-corrected chi connectivity index (χ0v) is 8.91. The molecule has 0 atom stereocenters. The molecule has 2 N–H and O–H groups in total. The Morgan fingerprint density at radius 2 is 2.07 bits per heavy atom. The van der Waals surface area contributed by atoms with Crippen LogP contribution in [-0.4, -0.2) is 30.3 Å². The van der Waals surface area contributed by atoms with Crippen molar-refractivity contribution in [2.24, 2.45) is 0 Å². The molecule has 0 rings (SSSR count). The van der Waals surface area contributed by atoms with Crippen molar-refractivity contribution in [2.75, 3.05) is 13.2 Å². The number of carboxylic acids is 1. The molecule has 0 fully saturated rings. The number of carbonyl (C=O) groups excluding carboxylic acids is 1. The third-order valence-corrected chi connectivity index (χ3v) is 1.73. The Bertz CT molecular complexity index is 238. The molecule has 0 radical (unpaired) electrons. The van der Waals surface area contributed by atoms with Gasteiger partial charge in [-0.3, -0.25) is 0 Å². The van der Waals surface area contributed by atoms with Gasteiger partial charge in [0, 0.05) is 12.1 Å². The van der Waals surface area contributed by atoms with Crippen LogP contribution in [0.25, 0.3) is 0 Å². The fraction of sp³-hybridized carbons (Fsp3) is 0.600. The van der Waals surface area contributed by atoms with Crippen molar-refractivity contribution in [1.29, 1.82) is 0 Å². The van der Waals surface area contributed by atoms with Crippen LogP contribution in [-0.2, 0) is 9.53 Å². The summed E-state index contributed by atoms with van der Waals surface area (Å²) in [6.07, 6.45) is 1.29. The molecule has 0 aliphatic heterocycles. The van der Waals surface area contributed by atoms with Gasteiger partial charge in [0.2, 0.25) is 0 Å². The lowest BCUT2D eigenvalue weighted by Gasteiger charge is -2.04. The summed E-state index contributed by atoms with van der Waals surface area (Å²) < 4.78 is 4.80. The van der Waals surface area contributed by atoms with E-state index in [9.17, 15) is 9.59 Å². The van der Waals surface area contributed by atoms with Crippen molar-refractivity contribution in [2.45, 2.75) is 26.2 Å². The van der Waals surface area contributed by atoms with Gasteiger partial charge in [-0.2, -0.15) is 0 Å². The summed E-state index contributed by atoms with van der Waals surface area (Å²) in [6, 6.07) is 0. The second-order valence-electron chi connectivity index (χ2n) is 3.03. The number of carbonyl (C=O) groups is 2. The molecule has 15 heavy (non-hydrogen) atoms. The topological polar surface area (TPSA) is 75.6 Å². The van der Waals surface area contributed by atoms with Crippen LogP contribution in [0.1, 0.15) is 26.2 Å². The maximum absolute atomic E-state index is 10.8. The molecule has 5 nitrogen and oxygen atoms in total. The molecule has 0 saturated heterocycles. The maximum atomic E-state index is 10.8. The molecule has 0 unspecified atom stereocenters. The van der Waals surface area contributed by atoms with Crippen LogP contribution in [0.2, 0.25) is 0 Å². The van der Waals surface area contributed by atoms with Gasteiger partial charge < -0.3 is 15.2 Å². The highest BCUT2D eigenvalue weighted by molar-refractivity contribution is 5.85. The van der Waals surface area contributed by atoms with Gasteiger partial charge in [-0.25, -0.2) is 9.59 Å². The number of nitrogens with one attached hydrogen (secondary N) is 1. The first kappa shape index (κ1) is 13.5. The first-order valence-electron chi connectivity index (χ1n) is 4.89. The van der Waals surface area contributed by atoms with E-state index in [4.69, 9.17) is 9.84 Å². The largest absolute Gasteiger partial charge is 0.478 e. The Kier molecular flexibility index (Phi) is 7.05. The number of aliphatic carboxylic acids is 1. The molecule has 0 aliphatic carbocycles. The van der Waals surface area contributed by atoms with E-state index in [1.54, 1.807) is 6.92 Å². The Morgan fingerprint density at radius 3 is 2.60 bits per heavy atom. The predicted molar refractivity (Wildman–Crippen MR) is 55.7 cm³/mol. The van der Waals surface area contributed by atoms with E-state index in [-0.39, 0.29) is 5.57 Å². The summed E-state index contributed by atoms with van der Waals surface area (Å²) >= 11 is 0. The molecule has 0 spiro atoms. The molecular weight excluding hydrogens is 198 g/mol. The van der Waals surface area contributed by atoms with Gasteiger partial charge in [0.15, 0.2) is 0 Å². The molecule has 86 valence electrons. The minimum Gasteiger partial charge on any atom is -0.478 e. The first-order chi connectivity index (χ1) is 7.07. The van der Waals surface area contributed by atoms with Gasteiger partial charge >= 0.3 is 12.1 Å². The second kappa shape index (κ2) is 7.84. The van der Waals surface area contributed by atoms with E-state index in [0.29, 0.717) is 32.4 Å². The van der Waals surface area contributed by atoms with Gasteiger partial charge in [-0.1, -0.05) is 6.58 Å². The van der Waals surface area contributed by atoms with Crippen LogP contribution >= 0.6 is 0 Å². The molecular formula is C10H17NO4. The Labute approximate surface area is 89.1 Å².